The summed E-state index contributed by atoms with van der Waals surface area (Å²) in [6.45, 7) is 2.80. The third-order valence-electron chi connectivity index (χ3n) is 6.04. The summed E-state index contributed by atoms with van der Waals surface area (Å²) < 4.78 is 17.5. The molecule has 1 aliphatic rings. The van der Waals surface area contributed by atoms with Crippen LogP contribution >= 0.6 is 0 Å². The molecule has 1 aromatic carbocycles. The lowest BCUT2D eigenvalue weighted by Gasteiger charge is -2.31. The first-order valence-corrected chi connectivity index (χ1v) is 10.8. The van der Waals surface area contributed by atoms with Crippen LogP contribution in [0.2, 0.25) is 0 Å². The van der Waals surface area contributed by atoms with E-state index in [1.807, 2.05) is 17.8 Å². The molecule has 0 aliphatic carbocycles. The number of hydrogen-bond acceptors (Lipinski definition) is 4. The largest absolute Gasteiger partial charge is 0.341 e. The number of amides is 2. The molecule has 1 atom stereocenters. The molecule has 0 radical (unpaired) electrons. The molecule has 32 heavy (non-hydrogen) atoms. The Morgan fingerprint density at radius 2 is 2.00 bits per heavy atom. The highest BCUT2D eigenvalue weighted by atomic mass is 19.1. The molecule has 1 saturated heterocycles. The second kappa shape index (κ2) is 9.33. The number of imidazole rings is 1. The summed E-state index contributed by atoms with van der Waals surface area (Å²) in [7, 11) is 1.98. The summed E-state index contributed by atoms with van der Waals surface area (Å²) >= 11 is 0. The molecular formula is C23H27FN6O2. The van der Waals surface area contributed by atoms with Crippen LogP contribution in [-0.2, 0) is 23.1 Å². The minimum atomic E-state index is -0.685. The maximum atomic E-state index is 13.9. The Labute approximate surface area is 186 Å². The third-order valence-corrected chi connectivity index (χ3v) is 6.04. The molecule has 3 heterocycles. The van der Waals surface area contributed by atoms with Crippen LogP contribution in [0.1, 0.15) is 37.2 Å². The van der Waals surface area contributed by atoms with Gasteiger partial charge in [-0.2, -0.15) is 5.10 Å². The van der Waals surface area contributed by atoms with Crippen molar-refractivity contribution >= 4 is 11.8 Å². The Morgan fingerprint density at radius 1 is 1.22 bits per heavy atom. The van der Waals surface area contributed by atoms with E-state index in [0.29, 0.717) is 30.3 Å². The molecule has 1 aliphatic heterocycles. The molecule has 4 rings (SSSR count). The Balaban J connectivity index is 1.36. The van der Waals surface area contributed by atoms with E-state index in [9.17, 15) is 14.0 Å². The fraction of sp³-hybridized carbons (Fsp3) is 0.391. The highest BCUT2D eigenvalue weighted by Gasteiger charge is 2.29. The lowest BCUT2D eigenvalue weighted by atomic mass is 9.93. The Kier molecular flexibility index (Phi) is 6.34. The first kappa shape index (κ1) is 21.7. The molecule has 1 fully saturated rings. The Bertz CT molecular complexity index is 1090. The minimum Gasteiger partial charge on any atom is -0.341 e. The second-order valence-electron chi connectivity index (χ2n) is 8.24. The van der Waals surface area contributed by atoms with Crippen LogP contribution in [0.5, 0.6) is 0 Å². The van der Waals surface area contributed by atoms with Gasteiger partial charge in [0.1, 0.15) is 11.6 Å². The van der Waals surface area contributed by atoms with Crippen molar-refractivity contribution in [2.45, 2.75) is 32.2 Å². The number of benzene rings is 1. The normalized spacial score (nSPS) is 15.5. The molecule has 2 amide bonds. The van der Waals surface area contributed by atoms with Crippen molar-refractivity contribution in [3.8, 4) is 5.69 Å². The number of halogens is 1. The third kappa shape index (κ3) is 4.71. The van der Waals surface area contributed by atoms with Crippen molar-refractivity contribution in [3.63, 3.8) is 0 Å². The SMILES string of the molecule is CC(NC(=O)C(=O)N1CCC(Cc2nccn2C)CC1)c1cc(F)ccc1-n1cccn1. The first-order valence-electron chi connectivity index (χ1n) is 10.8. The van der Waals surface area contributed by atoms with Crippen LogP contribution in [0, 0.1) is 11.7 Å². The predicted molar refractivity (Wildman–Crippen MR) is 116 cm³/mol. The minimum absolute atomic E-state index is 0.418. The summed E-state index contributed by atoms with van der Waals surface area (Å²) in [6.07, 6.45) is 9.60. The average Bonchev–Trinajstić information content (AvgIpc) is 3.46. The van der Waals surface area contributed by atoms with Crippen molar-refractivity contribution < 1.29 is 14.0 Å². The fourth-order valence-electron chi connectivity index (χ4n) is 4.16. The van der Waals surface area contributed by atoms with Gasteiger partial charge in [0, 0.05) is 56.9 Å². The molecule has 2 aromatic heterocycles. The number of carbonyl (C=O) groups is 2. The fourth-order valence-corrected chi connectivity index (χ4v) is 4.16. The number of nitrogens with one attached hydrogen (secondary N) is 1. The maximum Gasteiger partial charge on any atom is 0.311 e. The zero-order valence-electron chi connectivity index (χ0n) is 18.2. The molecule has 1 N–H and O–H groups in total. The number of piperidine rings is 1. The summed E-state index contributed by atoms with van der Waals surface area (Å²) in [5, 5.41) is 6.91. The van der Waals surface area contributed by atoms with Crippen LogP contribution in [0.15, 0.2) is 49.1 Å². The highest BCUT2D eigenvalue weighted by Crippen LogP contribution is 2.24. The highest BCUT2D eigenvalue weighted by molar-refractivity contribution is 6.35. The van der Waals surface area contributed by atoms with Gasteiger partial charge in [-0.15, -0.1) is 0 Å². The standard InChI is InChI=1S/C23H27FN6O2/c1-16(19-15-18(24)4-5-20(19)30-10-3-8-26-30)27-22(31)23(32)29-11-6-17(7-12-29)14-21-25-9-13-28(21)2/h3-5,8-10,13,15-17H,6-7,11-12,14H2,1-2H3,(H,27,31). The number of aromatic nitrogens is 4. The van der Waals surface area contributed by atoms with Crippen molar-refractivity contribution in [3.05, 3.63) is 66.3 Å². The van der Waals surface area contributed by atoms with Gasteiger partial charge in [-0.25, -0.2) is 14.1 Å². The van der Waals surface area contributed by atoms with Gasteiger partial charge in [-0.05, 0) is 49.9 Å². The molecule has 0 bridgehead atoms. The summed E-state index contributed by atoms with van der Waals surface area (Å²) in [5.74, 6) is -0.186. The van der Waals surface area contributed by atoms with Gasteiger partial charge in [0.2, 0.25) is 0 Å². The number of likely N-dealkylation sites (tertiary alicyclic amines) is 1. The lowest BCUT2D eigenvalue weighted by Crippen LogP contribution is -2.47. The molecule has 0 spiro atoms. The van der Waals surface area contributed by atoms with Gasteiger partial charge in [-0.3, -0.25) is 9.59 Å². The van der Waals surface area contributed by atoms with Gasteiger partial charge < -0.3 is 14.8 Å². The topological polar surface area (TPSA) is 85.0 Å². The van der Waals surface area contributed by atoms with Crippen LogP contribution in [0.3, 0.4) is 0 Å². The van der Waals surface area contributed by atoms with E-state index < -0.39 is 23.7 Å². The number of nitrogens with zero attached hydrogens (tertiary/aromatic N) is 5. The molecule has 1 unspecified atom stereocenters. The van der Waals surface area contributed by atoms with Crippen LogP contribution in [-0.4, -0.2) is 49.1 Å². The maximum absolute atomic E-state index is 13.9. The van der Waals surface area contributed by atoms with Gasteiger partial charge in [0.25, 0.3) is 0 Å². The van der Waals surface area contributed by atoms with Crippen molar-refractivity contribution in [2.75, 3.05) is 13.1 Å². The Morgan fingerprint density at radius 3 is 2.66 bits per heavy atom. The smallest absolute Gasteiger partial charge is 0.311 e. The van der Waals surface area contributed by atoms with E-state index in [1.54, 1.807) is 47.2 Å². The van der Waals surface area contributed by atoms with Gasteiger partial charge >= 0.3 is 11.8 Å². The number of carbonyl (C=O) groups excluding carboxylic acids is 2. The van der Waals surface area contributed by atoms with Crippen molar-refractivity contribution in [1.29, 1.82) is 0 Å². The van der Waals surface area contributed by atoms with Crippen LogP contribution in [0.4, 0.5) is 4.39 Å². The summed E-state index contributed by atoms with van der Waals surface area (Å²) in [6, 6.07) is 5.50. The van der Waals surface area contributed by atoms with Gasteiger partial charge in [0.15, 0.2) is 0 Å². The van der Waals surface area contributed by atoms with E-state index in [1.165, 1.54) is 12.1 Å². The van der Waals surface area contributed by atoms with E-state index in [4.69, 9.17) is 0 Å². The molecule has 0 saturated carbocycles. The summed E-state index contributed by atoms with van der Waals surface area (Å²) in [4.78, 5) is 31.4. The zero-order chi connectivity index (χ0) is 22.7. The molecular weight excluding hydrogens is 411 g/mol. The average molecular weight is 439 g/mol. The van der Waals surface area contributed by atoms with E-state index >= 15 is 0 Å². The van der Waals surface area contributed by atoms with Crippen LogP contribution in [0.25, 0.3) is 5.69 Å². The first-order chi connectivity index (χ1) is 15.4. The van der Waals surface area contributed by atoms with E-state index in [2.05, 4.69) is 15.4 Å². The predicted octanol–water partition coefficient (Wildman–Crippen LogP) is 2.40. The summed E-state index contributed by atoms with van der Waals surface area (Å²) in [5.41, 5.74) is 1.19. The second-order valence-corrected chi connectivity index (χ2v) is 8.24. The van der Waals surface area contributed by atoms with Crippen molar-refractivity contribution in [2.24, 2.45) is 13.0 Å². The molecule has 8 nitrogen and oxygen atoms in total. The van der Waals surface area contributed by atoms with Gasteiger partial charge in [0.05, 0.1) is 11.7 Å². The monoisotopic (exact) mass is 438 g/mol. The number of aryl methyl sites for hydroxylation is 1. The van der Waals surface area contributed by atoms with E-state index in [0.717, 1.165) is 25.1 Å². The lowest BCUT2D eigenvalue weighted by molar-refractivity contribution is -0.147. The zero-order valence-corrected chi connectivity index (χ0v) is 18.2. The van der Waals surface area contributed by atoms with Crippen LogP contribution < -0.4 is 5.32 Å². The molecule has 9 heteroatoms. The number of hydrogen-bond donors (Lipinski definition) is 1. The van der Waals surface area contributed by atoms with E-state index in [-0.39, 0.29) is 0 Å². The molecule has 168 valence electrons. The van der Waals surface area contributed by atoms with Crippen molar-refractivity contribution in [1.82, 2.24) is 29.5 Å². The molecule has 3 aromatic rings. The quantitative estimate of drug-likeness (QED) is 0.620. The Hall–Kier alpha value is -3.49. The number of rotatable bonds is 5. The van der Waals surface area contributed by atoms with Gasteiger partial charge in [-0.1, -0.05) is 0 Å².